The highest BCUT2D eigenvalue weighted by atomic mass is 15.3. The maximum atomic E-state index is 3.49. The molecule has 2 aliphatic heterocycles. The van der Waals surface area contributed by atoms with Crippen molar-refractivity contribution in [1.82, 2.24) is 10.2 Å². The van der Waals surface area contributed by atoms with Crippen molar-refractivity contribution in [2.24, 2.45) is 17.3 Å². The summed E-state index contributed by atoms with van der Waals surface area (Å²) in [5.41, 5.74) is 0.810. The quantitative estimate of drug-likeness (QED) is 0.669. The van der Waals surface area contributed by atoms with Crippen LogP contribution in [0.15, 0.2) is 0 Å². The number of hydrogen-bond acceptors (Lipinski definition) is 2. The van der Waals surface area contributed by atoms with Gasteiger partial charge in [-0.3, -0.25) is 4.90 Å². The van der Waals surface area contributed by atoms with Crippen molar-refractivity contribution in [3.63, 3.8) is 0 Å². The molecule has 0 bridgehead atoms. The number of likely N-dealkylation sites (tertiary alicyclic amines) is 1. The number of hydrogen-bond donors (Lipinski definition) is 1. The van der Waals surface area contributed by atoms with E-state index in [2.05, 4.69) is 10.2 Å². The second kappa shape index (κ2) is 2.53. The van der Waals surface area contributed by atoms with Crippen LogP contribution in [0.1, 0.15) is 25.7 Å². The molecule has 2 unspecified atom stereocenters. The van der Waals surface area contributed by atoms with Crippen LogP contribution in [0.4, 0.5) is 0 Å². The summed E-state index contributed by atoms with van der Waals surface area (Å²) in [4.78, 5) is 2.79. The van der Waals surface area contributed by atoms with Crippen LogP contribution in [-0.4, -0.2) is 37.1 Å². The lowest BCUT2D eigenvalue weighted by Gasteiger charge is -2.49. The Bertz CT molecular complexity index is 239. The van der Waals surface area contributed by atoms with E-state index in [1.807, 2.05) is 0 Å². The summed E-state index contributed by atoms with van der Waals surface area (Å²) in [6.07, 6.45) is 6.08. The minimum Gasteiger partial charge on any atom is -0.316 e. The van der Waals surface area contributed by atoms with E-state index in [0.717, 1.165) is 23.3 Å². The van der Waals surface area contributed by atoms with Gasteiger partial charge < -0.3 is 5.32 Å². The van der Waals surface area contributed by atoms with Crippen LogP contribution in [0.25, 0.3) is 0 Å². The Labute approximate surface area is 86.0 Å². The molecule has 0 aromatic rings. The molecule has 0 aromatic heterocycles. The molecular formula is C12H20N2. The number of nitrogens with zero attached hydrogens (tertiary/aromatic N) is 1. The zero-order valence-electron chi connectivity index (χ0n) is 8.84. The van der Waals surface area contributed by atoms with Crippen molar-refractivity contribution in [2.45, 2.75) is 31.7 Å². The number of rotatable bonds is 1. The second-order valence-electron chi connectivity index (χ2n) is 6.09. The Morgan fingerprint density at radius 2 is 1.64 bits per heavy atom. The lowest BCUT2D eigenvalue weighted by molar-refractivity contribution is -0.00858. The summed E-state index contributed by atoms with van der Waals surface area (Å²) >= 11 is 0. The first-order chi connectivity index (χ1) is 6.88. The standard InChI is InChI=1S/C12H20N2/c1-2-4-12(3-1)7-14(8-12)11-9-5-13-6-10(9)11/h9-11,13H,1-8H2. The maximum Gasteiger partial charge on any atom is 0.0184 e. The van der Waals surface area contributed by atoms with Gasteiger partial charge in [-0.1, -0.05) is 12.8 Å². The average Bonchev–Trinajstić information content (AvgIpc) is 2.62. The number of piperidine rings is 1. The van der Waals surface area contributed by atoms with Gasteiger partial charge in [0.2, 0.25) is 0 Å². The molecule has 0 radical (unpaired) electrons. The summed E-state index contributed by atoms with van der Waals surface area (Å²) in [5, 5.41) is 3.49. The summed E-state index contributed by atoms with van der Waals surface area (Å²) in [6.45, 7) is 5.51. The summed E-state index contributed by atoms with van der Waals surface area (Å²) < 4.78 is 0. The van der Waals surface area contributed by atoms with E-state index in [1.165, 1.54) is 51.9 Å². The van der Waals surface area contributed by atoms with Gasteiger partial charge in [0.25, 0.3) is 0 Å². The predicted octanol–water partition coefficient (Wildman–Crippen LogP) is 1.08. The van der Waals surface area contributed by atoms with Gasteiger partial charge in [0.15, 0.2) is 0 Å². The molecule has 78 valence electrons. The molecule has 2 saturated heterocycles. The van der Waals surface area contributed by atoms with E-state index in [4.69, 9.17) is 0 Å². The smallest absolute Gasteiger partial charge is 0.0184 e. The van der Waals surface area contributed by atoms with Crippen LogP contribution in [0.5, 0.6) is 0 Å². The summed E-state index contributed by atoms with van der Waals surface area (Å²) in [7, 11) is 0. The lowest BCUT2D eigenvalue weighted by Crippen LogP contribution is -2.57. The van der Waals surface area contributed by atoms with Crippen LogP contribution in [0.2, 0.25) is 0 Å². The van der Waals surface area contributed by atoms with Crippen LogP contribution < -0.4 is 5.32 Å². The Balaban J connectivity index is 1.39. The molecular weight excluding hydrogens is 172 g/mol. The van der Waals surface area contributed by atoms with Crippen LogP contribution >= 0.6 is 0 Å². The second-order valence-corrected chi connectivity index (χ2v) is 6.09. The van der Waals surface area contributed by atoms with Crippen molar-refractivity contribution >= 4 is 0 Å². The first-order valence-corrected chi connectivity index (χ1v) is 6.33. The highest BCUT2D eigenvalue weighted by Gasteiger charge is 2.60. The molecule has 4 rings (SSSR count). The van der Waals surface area contributed by atoms with Crippen molar-refractivity contribution in [3.05, 3.63) is 0 Å². The van der Waals surface area contributed by atoms with Gasteiger partial charge in [0.1, 0.15) is 0 Å². The molecule has 2 aliphatic carbocycles. The summed E-state index contributed by atoms with van der Waals surface area (Å²) in [5.74, 6) is 2.07. The van der Waals surface area contributed by atoms with E-state index in [1.54, 1.807) is 0 Å². The van der Waals surface area contributed by atoms with Crippen molar-refractivity contribution < 1.29 is 0 Å². The maximum absolute atomic E-state index is 3.49. The van der Waals surface area contributed by atoms with E-state index >= 15 is 0 Å². The van der Waals surface area contributed by atoms with Crippen molar-refractivity contribution in [1.29, 1.82) is 0 Å². The van der Waals surface area contributed by atoms with Gasteiger partial charge in [-0.05, 0) is 43.2 Å². The van der Waals surface area contributed by atoms with E-state index in [0.29, 0.717) is 0 Å². The van der Waals surface area contributed by atoms with E-state index in [-0.39, 0.29) is 0 Å². The number of nitrogens with one attached hydrogen (secondary N) is 1. The summed E-state index contributed by atoms with van der Waals surface area (Å²) in [6, 6.07) is 1.00. The first-order valence-electron chi connectivity index (χ1n) is 6.33. The Morgan fingerprint density at radius 1 is 1.00 bits per heavy atom. The third kappa shape index (κ3) is 0.938. The van der Waals surface area contributed by atoms with E-state index < -0.39 is 0 Å². The fourth-order valence-electron chi connectivity index (χ4n) is 4.39. The third-order valence-corrected chi connectivity index (χ3v) is 5.21. The monoisotopic (exact) mass is 192 g/mol. The SMILES string of the molecule is C1CCC2(C1)CN(C1C3CNCC31)C2. The fourth-order valence-corrected chi connectivity index (χ4v) is 4.39. The normalized spacial score (nSPS) is 49.3. The fraction of sp³-hybridized carbons (Fsp3) is 1.00. The Kier molecular flexibility index (Phi) is 1.47. The number of fused-ring (bicyclic) bond motifs is 1. The van der Waals surface area contributed by atoms with Gasteiger partial charge in [-0.25, -0.2) is 0 Å². The van der Waals surface area contributed by atoms with Gasteiger partial charge in [0, 0.05) is 19.1 Å². The Hall–Kier alpha value is -0.0800. The minimum absolute atomic E-state index is 0.810. The zero-order chi connectivity index (χ0) is 9.17. The molecule has 1 spiro atoms. The minimum atomic E-state index is 0.810. The molecule has 0 aromatic carbocycles. The molecule has 4 fully saturated rings. The van der Waals surface area contributed by atoms with Gasteiger partial charge >= 0.3 is 0 Å². The van der Waals surface area contributed by atoms with Crippen LogP contribution in [0.3, 0.4) is 0 Å². The largest absolute Gasteiger partial charge is 0.316 e. The molecule has 2 heterocycles. The lowest BCUT2D eigenvalue weighted by atomic mass is 9.78. The molecule has 2 nitrogen and oxygen atoms in total. The molecule has 4 aliphatic rings. The Morgan fingerprint density at radius 3 is 2.29 bits per heavy atom. The van der Waals surface area contributed by atoms with E-state index in [9.17, 15) is 0 Å². The predicted molar refractivity (Wildman–Crippen MR) is 56.1 cm³/mol. The first kappa shape index (κ1) is 8.12. The van der Waals surface area contributed by atoms with Gasteiger partial charge in [0.05, 0.1) is 0 Å². The average molecular weight is 192 g/mol. The molecule has 14 heavy (non-hydrogen) atoms. The molecule has 2 atom stereocenters. The highest BCUT2D eigenvalue weighted by Crippen LogP contribution is 2.54. The third-order valence-electron chi connectivity index (χ3n) is 5.21. The van der Waals surface area contributed by atoms with Crippen LogP contribution in [0, 0.1) is 17.3 Å². The van der Waals surface area contributed by atoms with Crippen molar-refractivity contribution in [2.75, 3.05) is 26.2 Å². The van der Waals surface area contributed by atoms with Crippen LogP contribution in [-0.2, 0) is 0 Å². The molecule has 2 saturated carbocycles. The van der Waals surface area contributed by atoms with Crippen molar-refractivity contribution in [3.8, 4) is 0 Å². The highest BCUT2D eigenvalue weighted by molar-refractivity contribution is 5.14. The zero-order valence-corrected chi connectivity index (χ0v) is 8.84. The molecule has 2 heteroatoms. The van der Waals surface area contributed by atoms with Gasteiger partial charge in [-0.2, -0.15) is 0 Å². The molecule has 0 amide bonds. The molecule has 1 N–H and O–H groups in total. The topological polar surface area (TPSA) is 15.3 Å². The van der Waals surface area contributed by atoms with Gasteiger partial charge in [-0.15, -0.1) is 0 Å².